The van der Waals surface area contributed by atoms with Gasteiger partial charge in [-0.25, -0.2) is 0 Å². The van der Waals surface area contributed by atoms with Gasteiger partial charge in [-0.05, 0) is 46.6 Å². The van der Waals surface area contributed by atoms with E-state index >= 15 is 0 Å². The SMILES string of the molecule is NCCC(O)c1cc(Br)c2c(c1)OCCO2. The molecule has 2 rings (SSSR count). The molecular weight excluding hydrogens is 274 g/mol. The van der Waals surface area contributed by atoms with Gasteiger partial charge in [0.25, 0.3) is 0 Å². The first-order valence-electron chi connectivity index (χ1n) is 5.19. The van der Waals surface area contributed by atoms with E-state index in [1.54, 1.807) is 6.07 Å². The van der Waals surface area contributed by atoms with E-state index in [-0.39, 0.29) is 0 Å². The summed E-state index contributed by atoms with van der Waals surface area (Å²) in [5.41, 5.74) is 6.21. The van der Waals surface area contributed by atoms with Crippen LogP contribution in [0.1, 0.15) is 18.1 Å². The van der Waals surface area contributed by atoms with E-state index in [1.165, 1.54) is 0 Å². The molecule has 0 fully saturated rings. The number of halogens is 1. The van der Waals surface area contributed by atoms with Crippen molar-refractivity contribution in [2.75, 3.05) is 19.8 Å². The zero-order chi connectivity index (χ0) is 11.5. The van der Waals surface area contributed by atoms with Crippen LogP contribution in [0.15, 0.2) is 16.6 Å². The number of rotatable bonds is 3. The van der Waals surface area contributed by atoms with Gasteiger partial charge in [0.05, 0.1) is 10.6 Å². The molecule has 0 aliphatic carbocycles. The molecule has 3 N–H and O–H groups in total. The fraction of sp³-hybridized carbons (Fsp3) is 0.455. The summed E-state index contributed by atoms with van der Waals surface area (Å²) in [7, 11) is 0. The number of ether oxygens (including phenoxy) is 2. The smallest absolute Gasteiger partial charge is 0.175 e. The second-order valence-corrected chi connectivity index (χ2v) is 4.47. The Labute approximate surface area is 102 Å². The first kappa shape index (κ1) is 11.7. The van der Waals surface area contributed by atoms with Crippen LogP contribution in [0.25, 0.3) is 0 Å². The van der Waals surface area contributed by atoms with Crippen molar-refractivity contribution in [2.45, 2.75) is 12.5 Å². The maximum atomic E-state index is 9.85. The zero-order valence-electron chi connectivity index (χ0n) is 8.78. The molecule has 1 aromatic carbocycles. The van der Waals surface area contributed by atoms with E-state index in [2.05, 4.69) is 15.9 Å². The highest BCUT2D eigenvalue weighted by Crippen LogP contribution is 2.40. The molecule has 0 radical (unpaired) electrons. The van der Waals surface area contributed by atoms with Crippen LogP contribution in [0.4, 0.5) is 0 Å². The maximum absolute atomic E-state index is 9.85. The summed E-state index contributed by atoms with van der Waals surface area (Å²) in [4.78, 5) is 0. The number of hydrogen-bond donors (Lipinski definition) is 2. The van der Waals surface area contributed by atoms with E-state index in [4.69, 9.17) is 15.2 Å². The predicted octanol–water partition coefficient (Wildman–Crippen LogP) is 1.60. The van der Waals surface area contributed by atoms with Crippen molar-refractivity contribution in [2.24, 2.45) is 5.73 Å². The Morgan fingerprint density at radius 1 is 1.38 bits per heavy atom. The minimum atomic E-state index is -0.558. The van der Waals surface area contributed by atoms with Crippen LogP contribution in [0.3, 0.4) is 0 Å². The first-order valence-corrected chi connectivity index (χ1v) is 5.99. The Bertz CT molecular complexity index is 384. The number of hydrogen-bond acceptors (Lipinski definition) is 4. The molecule has 0 bridgehead atoms. The Morgan fingerprint density at radius 3 is 2.88 bits per heavy atom. The van der Waals surface area contributed by atoms with Crippen LogP contribution in [0.5, 0.6) is 11.5 Å². The fourth-order valence-corrected chi connectivity index (χ4v) is 2.22. The Hall–Kier alpha value is -0.780. The molecular formula is C11H14BrNO3. The normalized spacial score (nSPS) is 15.9. The predicted molar refractivity (Wildman–Crippen MR) is 63.8 cm³/mol. The van der Waals surface area contributed by atoms with Gasteiger partial charge in [-0.15, -0.1) is 0 Å². The highest BCUT2D eigenvalue weighted by molar-refractivity contribution is 9.10. The standard InChI is InChI=1S/C11H14BrNO3/c12-8-5-7(9(14)1-2-13)6-10-11(8)16-4-3-15-10/h5-6,9,14H,1-4,13H2. The molecule has 1 unspecified atom stereocenters. The number of aliphatic hydroxyl groups excluding tert-OH is 1. The topological polar surface area (TPSA) is 64.7 Å². The maximum Gasteiger partial charge on any atom is 0.175 e. The highest BCUT2D eigenvalue weighted by atomic mass is 79.9. The molecule has 16 heavy (non-hydrogen) atoms. The molecule has 0 saturated carbocycles. The zero-order valence-corrected chi connectivity index (χ0v) is 10.4. The summed E-state index contributed by atoms with van der Waals surface area (Å²) in [5, 5.41) is 9.85. The van der Waals surface area contributed by atoms with Gasteiger partial charge < -0.3 is 20.3 Å². The van der Waals surface area contributed by atoms with Crippen LogP contribution < -0.4 is 15.2 Å². The molecule has 0 aromatic heterocycles. The lowest BCUT2D eigenvalue weighted by molar-refractivity contribution is 0.160. The first-order chi connectivity index (χ1) is 7.72. The van der Waals surface area contributed by atoms with Crippen molar-refractivity contribution in [3.05, 3.63) is 22.2 Å². The van der Waals surface area contributed by atoms with Crippen molar-refractivity contribution < 1.29 is 14.6 Å². The van der Waals surface area contributed by atoms with Gasteiger partial charge in [-0.1, -0.05) is 0 Å². The molecule has 0 amide bonds. The Balaban J connectivity index is 2.31. The van der Waals surface area contributed by atoms with Crippen LogP contribution in [-0.4, -0.2) is 24.9 Å². The van der Waals surface area contributed by atoms with Crippen molar-refractivity contribution in [3.8, 4) is 11.5 Å². The molecule has 1 heterocycles. The van der Waals surface area contributed by atoms with Gasteiger partial charge in [0.1, 0.15) is 13.2 Å². The van der Waals surface area contributed by atoms with Crippen LogP contribution >= 0.6 is 15.9 Å². The summed E-state index contributed by atoms with van der Waals surface area (Å²) < 4.78 is 11.7. The average molecular weight is 288 g/mol. The van der Waals surface area contributed by atoms with Crippen molar-refractivity contribution in [3.63, 3.8) is 0 Å². The fourth-order valence-electron chi connectivity index (χ4n) is 1.65. The molecule has 0 saturated heterocycles. The summed E-state index contributed by atoms with van der Waals surface area (Å²) in [6, 6.07) is 3.65. The molecule has 1 aliphatic heterocycles. The summed E-state index contributed by atoms with van der Waals surface area (Å²) in [5.74, 6) is 1.38. The van der Waals surface area contributed by atoms with E-state index in [0.717, 1.165) is 10.0 Å². The third-order valence-corrected chi connectivity index (χ3v) is 3.03. The van der Waals surface area contributed by atoms with Gasteiger partial charge in [0.15, 0.2) is 11.5 Å². The molecule has 4 nitrogen and oxygen atoms in total. The minimum Gasteiger partial charge on any atom is -0.486 e. The van der Waals surface area contributed by atoms with Crippen molar-refractivity contribution >= 4 is 15.9 Å². The number of nitrogens with two attached hydrogens (primary N) is 1. The molecule has 1 aromatic rings. The minimum absolute atomic E-state index is 0.452. The van der Waals surface area contributed by atoms with Crippen LogP contribution in [0.2, 0.25) is 0 Å². The number of aliphatic hydroxyl groups is 1. The second kappa shape index (κ2) is 5.03. The second-order valence-electron chi connectivity index (χ2n) is 3.62. The largest absolute Gasteiger partial charge is 0.486 e. The Morgan fingerprint density at radius 2 is 2.12 bits per heavy atom. The lowest BCUT2D eigenvalue weighted by Crippen LogP contribution is -2.16. The van der Waals surface area contributed by atoms with E-state index in [0.29, 0.717) is 37.7 Å². The Kier molecular flexibility index (Phi) is 3.68. The van der Waals surface area contributed by atoms with Crippen LogP contribution in [0, 0.1) is 0 Å². The van der Waals surface area contributed by atoms with Crippen molar-refractivity contribution in [1.29, 1.82) is 0 Å². The van der Waals surface area contributed by atoms with Crippen LogP contribution in [-0.2, 0) is 0 Å². The summed E-state index contributed by atoms with van der Waals surface area (Å²) in [6.07, 6.45) is -0.0244. The van der Waals surface area contributed by atoms with Gasteiger partial charge in [-0.3, -0.25) is 0 Å². The van der Waals surface area contributed by atoms with Gasteiger partial charge in [-0.2, -0.15) is 0 Å². The van der Waals surface area contributed by atoms with Crippen molar-refractivity contribution in [1.82, 2.24) is 0 Å². The quantitative estimate of drug-likeness (QED) is 0.886. The third kappa shape index (κ3) is 2.31. The van der Waals surface area contributed by atoms with Gasteiger partial charge in [0, 0.05) is 0 Å². The number of benzene rings is 1. The summed E-state index contributed by atoms with van der Waals surface area (Å²) >= 11 is 3.40. The molecule has 0 spiro atoms. The summed E-state index contributed by atoms with van der Waals surface area (Å²) in [6.45, 7) is 1.54. The van der Waals surface area contributed by atoms with Gasteiger partial charge >= 0.3 is 0 Å². The monoisotopic (exact) mass is 287 g/mol. The molecule has 88 valence electrons. The average Bonchev–Trinajstić information content (AvgIpc) is 2.29. The number of fused-ring (bicyclic) bond motifs is 1. The lowest BCUT2D eigenvalue weighted by Gasteiger charge is -2.21. The highest BCUT2D eigenvalue weighted by Gasteiger charge is 2.18. The van der Waals surface area contributed by atoms with E-state index < -0.39 is 6.10 Å². The molecule has 1 aliphatic rings. The van der Waals surface area contributed by atoms with E-state index in [9.17, 15) is 5.11 Å². The van der Waals surface area contributed by atoms with Gasteiger partial charge in [0.2, 0.25) is 0 Å². The third-order valence-electron chi connectivity index (χ3n) is 2.44. The molecule has 5 heteroatoms. The molecule has 1 atom stereocenters. The lowest BCUT2D eigenvalue weighted by atomic mass is 10.1. The van der Waals surface area contributed by atoms with E-state index in [1.807, 2.05) is 6.07 Å².